The van der Waals surface area contributed by atoms with Crippen LogP contribution >= 0.6 is 23.1 Å². The van der Waals surface area contributed by atoms with E-state index in [-0.39, 0.29) is 22.9 Å². The van der Waals surface area contributed by atoms with Gasteiger partial charge in [-0.2, -0.15) is 0 Å². The van der Waals surface area contributed by atoms with Gasteiger partial charge in [0.2, 0.25) is 0 Å². The molecule has 2 aromatic rings. The maximum Gasteiger partial charge on any atom is 0.316 e. The molecular formula is C17H18N2O6S2. The van der Waals surface area contributed by atoms with Gasteiger partial charge in [-0.3, -0.25) is 19.7 Å². The Balaban J connectivity index is 1.88. The number of carbonyl (C=O) groups is 2. The largest absolute Gasteiger partial charge is 0.495 e. The molecule has 0 aliphatic rings. The van der Waals surface area contributed by atoms with Crippen molar-refractivity contribution in [3.8, 4) is 5.75 Å². The summed E-state index contributed by atoms with van der Waals surface area (Å²) in [4.78, 5) is 35.6. The number of non-ortho nitro benzene ring substituents is 1. The van der Waals surface area contributed by atoms with Crippen molar-refractivity contribution in [3.05, 3.63) is 50.7 Å². The van der Waals surface area contributed by atoms with E-state index >= 15 is 0 Å². The topological polar surface area (TPSA) is 108 Å². The molecule has 2 rings (SSSR count). The van der Waals surface area contributed by atoms with Crippen LogP contribution in [-0.2, 0) is 20.1 Å². The number of ether oxygens (including phenoxy) is 2. The Morgan fingerprint density at radius 3 is 2.78 bits per heavy atom. The number of anilines is 1. The highest BCUT2D eigenvalue weighted by Gasteiger charge is 2.20. The molecule has 0 radical (unpaired) electrons. The molecule has 0 saturated heterocycles. The van der Waals surface area contributed by atoms with E-state index in [4.69, 9.17) is 9.47 Å². The fourth-order valence-electron chi connectivity index (χ4n) is 2.06. The maximum atomic E-state index is 12.2. The molecule has 0 aliphatic heterocycles. The van der Waals surface area contributed by atoms with Crippen molar-refractivity contribution < 1.29 is 24.0 Å². The van der Waals surface area contributed by atoms with Crippen LogP contribution in [0.2, 0.25) is 0 Å². The molecule has 0 saturated carbocycles. The highest BCUT2D eigenvalue weighted by molar-refractivity contribution is 7.99. The number of carbonyl (C=O) groups excluding carboxylic acids is 2. The van der Waals surface area contributed by atoms with Crippen molar-refractivity contribution in [1.82, 2.24) is 0 Å². The first kappa shape index (κ1) is 20.7. The van der Waals surface area contributed by atoms with Crippen LogP contribution in [0.4, 0.5) is 11.4 Å². The molecule has 27 heavy (non-hydrogen) atoms. The van der Waals surface area contributed by atoms with Crippen molar-refractivity contribution in [2.45, 2.75) is 18.8 Å². The lowest BCUT2D eigenvalue weighted by Gasteiger charge is -2.15. The molecule has 1 aromatic heterocycles. The zero-order chi connectivity index (χ0) is 19.8. The summed E-state index contributed by atoms with van der Waals surface area (Å²) in [6, 6.07) is 7.75. The molecule has 0 aliphatic carbocycles. The monoisotopic (exact) mass is 410 g/mol. The fourth-order valence-corrected chi connectivity index (χ4v) is 3.70. The molecule has 0 bridgehead atoms. The van der Waals surface area contributed by atoms with Gasteiger partial charge in [-0.15, -0.1) is 23.1 Å². The Labute approximate surface area is 164 Å². The third-order valence-corrected chi connectivity index (χ3v) is 5.39. The zero-order valence-electron chi connectivity index (χ0n) is 14.7. The Hall–Kier alpha value is -2.59. The van der Waals surface area contributed by atoms with E-state index in [0.29, 0.717) is 5.75 Å². The van der Waals surface area contributed by atoms with E-state index in [0.717, 1.165) is 4.88 Å². The van der Waals surface area contributed by atoms with Crippen molar-refractivity contribution >= 4 is 46.3 Å². The Morgan fingerprint density at radius 2 is 2.15 bits per heavy atom. The normalized spacial score (nSPS) is 11.5. The molecule has 1 aromatic carbocycles. The van der Waals surface area contributed by atoms with Crippen molar-refractivity contribution in [2.75, 3.05) is 18.2 Å². The van der Waals surface area contributed by atoms with Gasteiger partial charge in [-0.1, -0.05) is 6.07 Å². The van der Waals surface area contributed by atoms with Crippen LogP contribution in [0.3, 0.4) is 0 Å². The number of nitrogens with zero attached hydrogens (tertiary/aromatic N) is 1. The summed E-state index contributed by atoms with van der Waals surface area (Å²) in [5.74, 6) is -0.0389. The third-order valence-electron chi connectivity index (χ3n) is 3.37. The van der Waals surface area contributed by atoms with Crippen LogP contribution in [-0.4, -0.2) is 35.8 Å². The number of nitro groups is 1. The summed E-state index contributed by atoms with van der Waals surface area (Å²) in [5.41, 5.74) is -0.0626. The molecule has 0 fully saturated rings. The predicted octanol–water partition coefficient (Wildman–Crippen LogP) is 3.47. The molecule has 8 nitrogen and oxygen atoms in total. The summed E-state index contributed by atoms with van der Waals surface area (Å²) in [7, 11) is 1.38. The molecular weight excluding hydrogens is 392 g/mol. The van der Waals surface area contributed by atoms with Crippen molar-refractivity contribution in [1.29, 1.82) is 0 Å². The van der Waals surface area contributed by atoms with Crippen LogP contribution in [0.1, 0.15) is 11.8 Å². The molecule has 144 valence electrons. The number of hydrogen-bond donors (Lipinski definition) is 1. The lowest BCUT2D eigenvalue weighted by molar-refractivity contribution is -0.384. The summed E-state index contributed by atoms with van der Waals surface area (Å²) in [6.45, 7) is 1.43. The number of esters is 1. The van der Waals surface area contributed by atoms with Gasteiger partial charge in [0.25, 0.3) is 11.6 Å². The smallest absolute Gasteiger partial charge is 0.316 e. The lowest BCUT2D eigenvalue weighted by atomic mass is 10.2. The summed E-state index contributed by atoms with van der Waals surface area (Å²) in [6.07, 6.45) is -1.05. The van der Waals surface area contributed by atoms with Gasteiger partial charge in [-0.25, -0.2) is 0 Å². The van der Waals surface area contributed by atoms with Gasteiger partial charge >= 0.3 is 5.97 Å². The second-order valence-electron chi connectivity index (χ2n) is 5.34. The van der Waals surface area contributed by atoms with Crippen LogP contribution in [0.25, 0.3) is 0 Å². The van der Waals surface area contributed by atoms with E-state index in [1.807, 2.05) is 17.5 Å². The van der Waals surface area contributed by atoms with E-state index in [2.05, 4.69) is 5.32 Å². The number of thiophene rings is 1. The number of nitro benzene ring substituents is 1. The standard InChI is InChI=1S/C17H18N2O6S2/c1-11(25-16(20)10-26-9-13-4-3-7-27-13)17(21)18-14-8-12(19(22)23)5-6-15(14)24-2/h3-8,11H,9-10H2,1-2H3,(H,18,21)/t11-/m1/s1. The lowest BCUT2D eigenvalue weighted by Crippen LogP contribution is -2.30. The Bertz CT molecular complexity index is 810. The Kier molecular flexibility index (Phi) is 7.62. The number of methoxy groups -OCH3 is 1. The fraction of sp³-hybridized carbons (Fsp3) is 0.294. The van der Waals surface area contributed by atoms with Crippen LogP contribution in [0.5, 0.6) is 5.75 Å². The Morgan fingerprint density at radius 1 is 1.37 bits per heavy atom. The van der Waals surface area contributed by atoms with Gasteiger partial charge in [0.05, 0.1) is 23.5 Å². The van der Waals surface area contributed by atoms with E-state index < -0.39 is 22.9 Å². The number of amides is 1. The molecule has 10 heteroatoms. The van der Waals surface area contributed by atoms with Gasteiger partial charge in [0.1, 0.15) is 5.75 Å². The minimum atomic E-state index is -1.05. The SMILES string of the molecule is COc1ccc([N+](=O)[O-])cc1NC(=O)[C@@H](C)OC(=O)CSCc1cccs1. The van der Waals surface area contributed by atoms with E-state index in [9.17, 15) is 19.7 Å². The highest BCUT2D eigenvalue weighted by Crippen LogP contribution is 2.29. The number of benzene rings is 1. The average Bonchev–Trinajstić information content (AvgIpc) is 3.14. The van der Waals surface area contributed by atoms with Gasteiger partial charge in [-0.05, 0) is 24.4 Å². The molecule has 1 atom stereocenters. The first-order chi connectivity index (χ1) is 12.9. The van der Waals surface area contributed by atoms with E-state index in [1.54, 1.807) is 11.3 Å². The summed E-state index contributed by atoms with van der Waals surface area (Å²) < 4.78 is 10.2. The predicted molar refractivity (Wildman–Crippen MR) is 104 cm³/mol. The molecule has 1 heterocycles. The second kappa shape index (κ2) is 9.93. The van der Waals surface area contributed by atoms with Gasteiger partial charge in [0.15, 0.2) is 6.10 Å². The zero-order valence-corrected chi connectivity index (χ0v) is 16.3. The minimum Gasteiger partial charge on any atom is -0.495 e. The number of hydrogen-bond acceptors (Lipinski definition) is 8. The number of nitrogens with one attached hydrogen (secondary N) is 1. The molecule has 1 amide bonds. The third kappa shape index (κ3) is 6.26. The summed E-state index contributed by atoms with van der Waals surface area (Å²) in [5, 5.41) is 15.3. The highest BCUT2D eigenvalue weighted by atomic mass is 32.2. The number of rotatable bonds is 9. The quantitative estimate of drug-likeness (QED) is 0.383. The summed E-state index contributed by atoms with van der Waals surface area (Å²) >= 11 is 3.00. The minimum absolute atomic E-state index is 0.121. The van der Waals surface area contributed by atoms with Crippen LogP contribution in [0.15, 0.2) is 35.7 Å². The average molecular weight is 410 g/mol. The molecule has 0 unspecified atom stereocenters. The molecule has 1 N–H and O–H groups in total. The first-order valence-corrected chi connectivity index (χ1v) is 9.87. The molecule has 0 spiro atoms. The second-order valence-corrected chi connectivity index (χ2v) is 7.35. The van der Waals surface area contributed by atoms with Crippen LogP contribution < -0.4 is 10.1 Å². The van der Waals surface area contributed by atoms with Crippen LogP contribution in [0, 0.1) is 10.1 Å². The first-order valence-electron chi connectivity index (χ1n) is 7.83. The van der Waals surface area contributed by atoms with E-state index in [1.165, 1.54) is 44.0 Å². The maximum absolute atomic E-state index is 12.2. The van der Waals surface area contributed by atoms with Crippen molar-refractivity contribution in [3.63, 3.8) is 0 Å². The van der Waals surface area contributed by atoms with Gasteiger partial charge < -0.3 is 14.8 Å². The van der Waals surface area contributed by atoms with Crippen molar-refractivity contribution in [2.24, 2.45) is 0 Å². The number of thioether (sulfide) groups is 1. The van der Waals surface area contributed by atoms with Gasteiger partial charge in [0, 0.05) is 22.8 Å².